The van der Waals surface area contributed by atoms with Crippen LogP contribution in [0.25, 0.3) is 10.9 Å². The summed E-state index contributed by atoms with van der Waals surface area (Å²) < 4.78 is 0. The number of aliphatic hydroxyl groups is 1. The van der Waals surface area contributed by atoms with Gasteiger partial charge >= 0.3 is 0 Å². The third kappa shape index (κ3) is 2.23. The standard InChI is InChI=1S/C15H14N4O3/c1-2-15(20)8-18(9-15)14-5-10(7-16)12-6-11(19(21)22)3-4-13(12)17-14/h3-6,20H,2,8-9H2,1H3. The van der Waals surface area contributed by atoms with Crippen LogP contribution in [0, 0.1) is 21.4 Å². The van der Waals surface area contributed by atoms with Gasteiger partial charge in [-0.05, 0) is 18.6 Å². The van der Waals surface area contributed by atoms with E-state index in [0.717, 1.165) is 0 Å². The highest BCUT2D eigenvalue weighted by Crippen LogP contribution is 2.32. The number of nitro groups is 1. The Hall–Kier alpha value is -2.72. The number of benzene rings is 1. The zero-order valence-corrected chi connectivity index (χ0v) is 12.0. The molecule has 0 aliphatic carbocycles. The van der Waals surface area contributed by atoms with Crippen LogP contribution in [0.5, 0.6) is 0 Å². The normalized spacial score (nSPS) is 16.1. The van der Waals surface area contributed by atoms with Gasteiger partial charge < -0.3 is 10.0 Å². The number of anilines is 1. The molecule has 1 N–H and O–H groups in total. The summed E-state index contributed by atoms with van der Waals surface area (Å²) in [4.78, 5) is 16.7. The zero-order valence-electron chi connectivity index (χ0n) is 12.0. The Morgan fingerprint density at radius 3 is 2.82 bits per heavy atom. The van der Waals surface area contributed by atoms with Gasteiger partial charge in [-0.3, -0.25) is 10.1 Å². The van der Waals surface area contributed by atoms with E-state index in [1.165, 1.54) is 12.1 Å². The number of non-ortho nitro benzene ring substituents is 1. The topological polar surface area (TPSA) is 103 Å². The molecule has 0 spiro atoms. The second-order valence-corrected chi connectivity index (χ2v) is 5.53. The molecular formula is C15H14N4O3. The van der Waals surface area contributed by atoms with Crippen LogP contribution in [0.4, 0.5) is 11.5 Å². The Labute approximate surface area is 126 Å². The van der Waals surface area contributed by atoms with E-state index >= 15 is 0 Å². The number of nitriles is 1. The summed E-state index contributed by atoms with van der Waals surface area (Å²) in [5.74, 6) is 0.607. The van der Waals surface area contributed by atoms with Crippen molar-refractivity contribution in [1.29, 1.82) is 5.26 Å². The third-order valence-corrected chi connectivity index (χ3v) is 4.06. The Kier molecular flexibility index (Phi) is 3.19. The van der Waals surface area contributed by atoms with Crippen molar-refractivity contribution in [2.24, 2.45) is 0 Å². The predicted octanol–water partition coefficient (Wildman–Crippen LogP) is 1.98. The molecule has 2 heterocycles. The number of hydrogen-bond acceptors (Lipinski definition) is 6. The molecule has 7 heteroatoms. The van der Waals surface area contributed by atoms with Gasteiger partial charge in [0.1, 0.15) is 5.82 Å². The molecule has 0 unspecified atom stereocenters. The van der Waals surface area contributed by atoms with Crippen LogP contribution in [0.3, 0.4) is 0 Å². The fourth-order valence-electron chi connectivity index (χ4n) is 2.62. The van der Waals surface area contributed by atoms with Crippen molar-refractivity contribution in [1.82, 2.24) is 4.98 Å². The average Bonchev–Trinajstić information content (AvgIpc) is 2.50. The average molecular weight is 298 g/mol. The minimum absolute atomic E-state index is 0.0668. The zero-order chi connectivity index (χ0) is 15.9. The van der Waals surface area contributed by atoms with Gasteiger partial charge in [0, 0.05) is 30.6 Å². The highest BCUT2D eigenvalue weighted by Gasteiger charge is 2.40. The molecule has 1 aliphatic rings. The fraction of sp³-hybridized carbons (Fsp3) is 0.333. The summed E-state index contributed by atoms with van der Waals surface area (Å²) in [6.45, 7) is 2.87. The lowest BCUT2D eigenvalue weighted by Gasteiger charge is -2.46. The number of aromatic nitrogens is 1. The van der Waals surface area contributed by atoms with Crippen LogP contribution in [0.15, 0.2) is 24.3 Å². The van der Waals surface area contributed by atoms with Crippen molar-refractivity contribution < 1.29 is 10.0 Å². The number of rotatable bonds is 3. The summed E-state index contributed by atoms with van der Waals surface area (Å²) in [5.41, 5.74) is 0.115. The van der Waals surface area contributed by atoms with Crippen LogP contribution in [0.1, 0.15) is 18.9 Å². The van der Waals surface area contributed by atoms with Gasteiger partial charge in [-0.25, -0.2) is 4.98 Å². The van der Waals surface area contributed by atoms with Gasteiger partial charge in [-0.15, -0.1) is 0 Å². The maximum Gasteiger partial charge on any atom is 0.270 e. The maximum atomic E-state index is 10.8. The molecule has 1 fully saturated rings. The minimum Gasteiger partial charge on any atom is -0.386 e. The van der Waals surface area contributed by atoms with E-state index < -0.39 is 10.5 Å². The molecule has 112 valence electrons. The number of nitro benzene ring substituents is 1. The van der Waals surface area contributed by atoms with Crippen LogP contribution >= 0.6 is 0 Å². The minimum atomic E-state index is -0.696. The number of nitrogens with zero attached hydrogens (tertiary/aromatic N) is 4. The van der Waals surface area contributed by atoms with Crippen LogP contribution in [0.2, 0.25) is 0 Å². The lowest BCUT2D eigenvalue weighted by Crippen LogP contribution is -2.61. The molecule has 2 aromatic rings. The van der Waals surface area contributed by atoms with Gasteiger partial charge in [0.05, 0.1) is 27.7 Å². The fourth-order valence-corrected chi connectivity index (χ4v) is 2.62. The van der Waals surface area contributed by atoms with E-state index in [1.54, 1.807) is 12.1 Å². The number of hydrogen-bond donors (Lipinski definition) is 1. The van der Waals surface area contributed by atoms with Crippen molar-refractivity contribution in [2.45, 2.75) is 18.9 Å². The Morgan fingerprint density at radius 1 is 1.50 bits per heavy atom. The first kappa shape index (κ1) is 14.2. The number of fused-ring (bicyclic) bond motifs is 1. The Morgan fingerprint density at radius 2 is 2.23 bits per heavy atom. The Balaban J connectivity index is 2.04. The van der Waals surface area contributed by atoms with Crippen molar-refractivity contribution in [3.05, 3.63) is 39.9 Å². The molecule has 0 amide bonds. The molecule has 1 aliphatic heterocycles. The lowest BCUT2D eigenvalue weighted by atomic mass is 9.91. The molecule has 1 aromatic heterocycles. The van der Waals surface area contributed by atoms with E-state index in [9.17, 15) is 20.5 Å². The van der Waals surface area contributed by atoms with Crippen LogP contribution < -0.4 is 4.90 Å². The Bertz CT molecular complexity index is 806. The first-order valence-corrected chi connectivity index (χ1v) is 6.92. The molecule has 0 radical (unpaired) electrons. The lowest BCUT2D eigenvalue weighted by molar-refractivity contribution is -0.384. The van der Waals surface area contributed by atoms with E-state index in [0.29, 0.717) is 41.8 Å². The van der Waals surface area contributed by atoms with Gasteiger partial charge in [0.15, 0.2) is 0 Å². The van der Waals surface area contributed by atoms with Gasteiger partial charge in [-0.2, -0.15) is 5.26 Å². The van der Waals surface area contributed by atoms with E-state index in [1.807, 2.05) is 11.8 Å². The number of pyridine rings is 1. The first-order chi connectivity index (χ1) is 10.5. The molecule has 22 heavy (non-hydrogen) atoms. The van der Waals surface area contributed by atoms with Crippen molar-refractivity contribution in [2.75, 3.05) is 18.0 Å². The molecule has 3 rings (SSSR count). The van der Waals surface area contributed by atoms with E-state index in [-0.39, 0.29) is 5.69 Å². The molecule has 0 bridgehead atoms. The highest BCUT2D eigenvalue weighted by atomic mass is 16.6. The quantitative estimate of drug-likeness (QED) is 0.686. The van der Waals surface area contributed by atoms with Crippen molar-refractivity contribution in [3.63, 3.8) is 0 Å². The highest BCUT2D eigenvalue weighted by molar-refractivity contribution is 5.88. The second kappa shape index (κ2) is 4.93. The van der Waals surface area contributed by atoms with Crippen LogP contribution in [-0.4, -0.2) is 33.7 Å². The summed E-state index contributed by atoms with van der Waals surface area (Å²) >= 11 is 0. The van der Waals surface area contributed by atoms with E-state index in [2.05, 4.69) is 11.1 Å². The smallest absolute Gasteiger partial charge is 0.270 e. The summed E-state index contributed by atoms with van der Waals surface area (Å²) in [6, 6.07) is 7.96. The summed E-state index contributed by atoms with van der Waals surface area (Å²) in [5, 5.41) is 30.7. The van der Waals surface area contributed by atoms with Crippen molar-refractivity contribution in [3.8, 4) is 6.07 Å². The molecule has 1 aromatic carbocycles. The van der Waals surface area contributed by atoms with Gasteiger partial charge in [0.25, 0.3) is 5.69 Å². The first-order valence-electron chi connectivity index (χ1n) is 6.92. The summed E-state index contributed by atoms with van der Waals surface area (Å²) in [6.07, 6.45) is 0.661. The molecule has 1 saturated heterocycles. The molecule has 7 nitrogen and oxygen atoms in total. The molecule has 0 atom stereocenters. The monoisotopic (exact) mass is 298 g/mol. The maximum absolute atomic E-state index is 10.8. The van der Waals surface area contributed by atoms with Crippen LogP contribution in [-0.2, 0) is 0 Å². The van der Waals surface area contributed by atoms with Gasteiger partial charge in [0.2, 0.25) is 0 Å². The SMILES string of the molecule is CCC1(O)CN(c2cc(C#N)c3cc([N+](=O)[O-])ccc3n2)C1. The van der Waals surface area contributed by atoms with E-state index in [4.69, 9.17) is 0 Å². The summed E-state index contributed by atoms with van der Waals surface area (Å²) in [7, 11) is 0. The van der Waals surface area contributed by atoms with Crippen molar-refractivity contribution >= 4 is 22.4 Å². The van der Waals surface area contributed by atoms with Gasteiger partial charge in [-0.1, -0.05) is 6.92 Å². The largest absolute Gasteiger partial charge is 0.386 e. The number of β-amino-alcohol motifs (C(OH)–C–C–N with tert-alkyl or cyclic N) is 1. The third-order valence-electron chi connectivity index (χ3n) is 4.06. The second-order valence-electron chi connectivity index (χ2n) is 5.53. The molecule has 0 saturated carbocycles. The predicted molar refractivity (Wildman–Crippen MR) is 80.6 cm³/mol. The molecular weight excluding hydrogens is 284 g/mol.